The van der Waals surface area contributed by atoms with Gasteiger partial charge in [0.1, 0.15) is 17.3 Å². The summed E-state index contributed by atoms with van der Waals surface area (Å²) < 4.78 is 29.2. The third-order valence-electron chi connectivity index (χ3n) is 4.96. The summed E-state index contributed by atoms with van der Waals surface area (Å²) in [6.45, 7) is 3.18. The number of benzene rings is 1. The molecule has 0 unspecified atom stereocenters. The van der Waals surface area contributed by atoms with Crippen LogP contribution in [-0.2, 0) is 6.42 Å². The van der Waals surface area contributed by atoms with Crippen LogP contribution in [0, 0.1) is 17.6 Å². The molecular weight excluding hydrogens is 328 g/mol. The van der Waals surface area contributed by atoms with E-state index in [1.807, 2.05) is 0 Å². The van der Waals surface area contributed by atoms with E-state index in [1.54, 1.807) is 13.8 Å². The van der Waals surface area contributed by atoms with Crippen LogP contribution in [-0.4, -0.2) is 32.9 Å². The zero-order valence-electron chi connectivity index (χ0n) is 14.0. The molecule has 1 amide bonds. The molecule has 5 nitrogen and oxygen atoms in total. The molecule has 1 fully saturated rings. The zero-order valence-corrected chi connectivity index (χ0v) is 14.0. The summed E-state index contributed by atoms with van der Waals surface area (Å²) in [7, 11) is 0. The summed E-state index contributed by atoms with van der Waals surface area (Å²) in [4.78, 5) is 12.6. The van der Waals surface area contributed by atoms with E-state index in [0.29, 0.717) is 5.92 Å². The Labute approximate surface area is 143 Å². The van der Waals surface area contributed by atoms with E-state index in [-0.39, 0.29) is 23.9 Å². The lowest BCUT2D eigenvalue weighted by Crippen LogP contribution is -2.46. The van der Waals surface area contributed by atoms with Crippen molar-refractivity contribution >= 4 is 5.91 Å². The predicted molar refractivity (Wildman–Crippen MR) is 86.7 cm³/mol. The monoisotopic (exact) mass is 347 g/mol. The average molecular weight is 347 g/mol. The zero-order chi connectivity index (χ0) is 17.9. The van der Waals surface area contributed by atoms with E-state index < -0.39 is 23.1 Å². The van der Waals surface area contributed by atoms with Gasteiger partial charge in [-0.05, 0) is 44.7 Å². The fraction of sp³-hybridized carbons (Fsp3) is 0.444. The number of carbonyl (C=O) groups excluding carboxylic acids is 1. The van der Waals surface area contributed by atoms with Gasteiger partial charge < -0.3 is 10.4 Å². The standard InChI is InChI=1S/C18H19F2N3O2/c1-18(2,8-24)21-17(25)15-12-6-9-5-11(9)16(12)23(22-15)14-7-10(19)3-4-13(14)20/h3-4,7,9,11,24H,5-6,8H2,1-2H3,(H,21,25)/t9-,11-/m1/s1. The van der Waals surface area contributed by atoms with Gasteiger partial charge in [0.2, 0.25) is 0 Å². The summed E-state index contributed by atoms with van der Waals surface area (Å²) in [6.07, 6.45) is 1.71. The summed E-state index contributed by atoms with van der Waals surface area (Å²) in [5, 5.41) is 16.4. The number of aliphatic hydroxyl groups excluding tert-OH is 1. The van der Waals surface area contributed by atoms with Crippen molar-refractivity contribution in [1.82, 2.24) is 15.1 Å². The molecule has 0 saturated heterocycles. The molecule has 1 aromatic carbocycles. The number of aliphatic hydroxyl groups is 1. The van der Waals surface area contributed by atoms with E-state index in [4.69, 9.17) is 0 Å². The number of halogens is 2. The maximum Gasteiger partial charge on any atom is 0.272 e. The molecule has 2 N–H and O–H groups in total. The van der Waals surface area contributed by atoms with Gasteiger partial charge in [0, 0.05) is 17.5 Å². The third-order valence-corrected chi connectivity index (χ3v) is 4.96. The second-order valence-electron chi connectivity index (χ2n) is 7.52. The van der Waals surface area contributed by atoms with E-state index in [1.165, 1.54) is 4.68 Å². The molecule has 0 spiro atoms. The molecule has 2 atom stereocenters. The van der Waals surface area contributed by atoms with Crippen LogP contribution in [0.15, 0.2) is 18.2 Å². The number of fused-ring (bicyclic) bond motifs is 3. The molecule has 1 saturated carbocycles. The minimum atomic E-state index is -0.792. The Balaban J connectivity index is 1.80. The number of rotatable bonds is 4. The van der Waals surface area contributed by atoms with Crippen molar-refractivity contribution in [2.24, 2.45) is 5.92 Å². The third kappa shape index (κ3) is 2.63. The maximum absolute atomic E-state index is 14.2. The molecule has 132 valence electrons. The number of carbonyl (C=O) groups is 1. The Bertz CT molecular complexity index is 875. The first-order valence-electron chi connectivity index (χ1n) is 8.31. The molecule has 0 aliphatic heterocycles. The van der Waals surface area contributed by atoms with Crippen LogP contribution < -0.4 is 5.32 Å². The van der Waals surface area contributed by atoms with Gasteiger partial charge >= 0.3 is 0 Å². The van der Waals surface area contributed by atoms with Crippen molar-refractivity contribution in [1.29, 1.82) is 0 Å². The van der Waals surface area contributed by atoms with Crippen molar-refractivity contribution < 1.29 is 18.7 Å². The molecule has 2 aliphatic rings. The van der Waals surface area contributed by atoms with E-state index in [2.05, 4.69) is 10.4 Å². The van der Waals surface area contributed by atoms with Crippen LogP contribution in [0.1, 0.15) is 47.9 Å². The fourth-order valence-electron chi connectivity index (χ4n) is 3.54. The van der Waals surface area contributed by atoms with Crippen molar-refractivity contribution in [3.8, 4) is 5.69 Å². The summed E-state index contributed by atoms with van der Waals surface area (Å²) in [6, 6.07) is 3.21. The molecule has 25 heavy (non-hydrogen) atoms. The second kappa shape index (κ2) is 5.36. The van der Waals surface area contributed by atoms with Gasteiger partial charge in [0.05, 0.1) is 17.8 Å². The average Bonchev–Trinajstić information content (AvgIpc) is 3.06. The number of nitrogens with zero attached hydrogens (tertiary/aromatic N) is 2. The highest BCUT2D eigenvalue weighted by Crippen LogP contribution is 2.57. The van der Waals surface area contributed by atoms with Gasteiger partial charge in [-0.15, -0.1) is 0 Å². The summed E-state index contributed by atoms with van der Waals surface area (Å²) >= 11 is 0. The lowest BCUT2D eigenvalue weighted by Gasteiger charge is -2.23. The number of hydrogen-bond acceptors (Lipinski definition) is 3. The molecule has 2 aliphatic carbocycles. The second-order valence-corrected chi connectivity index (χ2v) is 7.52. The molecule has 0 radical (unpaired) electrons. The summed E-state index contributed by atoms with van der Waals surface area (Å²) in [5.41, 5.74) is 1.06. The SMILES string of the molecule is CC(C)(CO)NC(=O)c1nn(-c2cc(F)ccc2F)c2c1C[C@H]1C[C@@H]21. The Morgan fingerprint density at radius 3 is 2.92 bits per heavy atom. The smallest absolute Gasteiger partial charge is 0.272 e. The Hall–Kier alpha value is -2.28. The number of amides is 1. The van der Waals surface area contributed by atoms with Gasteiger partial charge in [0.15, 0.2) is 5.69 Å². The van der Waals surface area contributed by atoms with Gasteiger partial charge in [0.25, 0.3) is 5.91 Å². The van der Waals surface area contributed by atoms with E-state index in [9.17, 15) is 18.7 Å². The molecule has 1 aromatic heterocycles. The quantitative estimate of drug-likeness (QED) is 0.892. The van der Waals surface area contributed by atoms with Gasteiger partial charge in [-0.3, -0.25) is 4.79 Å². The lowest BCUT2D eigenvalue weighted by molar-refractivity contribution is 0.0863. The Morgan fingerprint density at radius 1 is 1.44 bits per heavy atom. The van der Waals surface area contributed by atoms with Crippen LogP contribution in [0.5, 0.6) is 0 Å². The van der Waals surface area contributed by atoms with E-state index in [0.717, 1.165) is 42.3 Å². The maximum atomic E-state index is 14.2. The number of nitrogens with one attached hydrogen (secondary N) is 1. The first-order chi connectivity index (χ1) is 11.8. The minimum absolute atomic E-state index is 0.0178. The molecule has 2 aromatic rings. The highest BCUT2D eigenvalue weighted by atomic mass is 19.1. The van der Waals surface area contributed by atoms with Crippen LogP contribution in [0.2, 0.25) is 0 Å². The topological polar surface area (TPSA) is 67.2 Å². The van der Waals surface area contributed by atoms with Crippen molar-refractivity contribution in [2.75, 3.05) is 6.61 Å². The lowest BCUT2D eigenvalue weighted by atomic mass is 10.1. The molecular formula is C18H19F2N3O2. The molecule has 4 rings (SSSR count). The Kier molecular flexibility index (Phi) is 3.47. The highest BCUT2D eigenvalue weighted by molar-refractivity contribution is 5.95. The van der Waals surface area contributed by atoms with E-state index >= 15 is 0 Å². The molecule has 7 heteroatoms. The van der Waals surface area contributed by atoms with Crippen LogP contribution in [0.25, 0.3) is 5.69 Å². The first-order valence-corrected chi connectivity index (χ1v) is 8.31. The van der Waals surface area contributed by atoms with Crippen LogP contribution in [0.3, 0.4) is 0 Å². The van der Waals surface area contributed by atoms with Gasteiger partial charge in [-0.1, -0.05) is 0 Å². The normalized spacial score (nSPS) is 21.0. The highest BCUT2D eigenvalue weighted by Gasteiger charge is 2.50. The summed E-state index contributed by atoms with van der Waals surface area (Å²) in [5.74, 6) is -0.852. The van der Waals surface area contributed by atoms with Gasteiger partial charge in [-0.2, -0.15) is 5.10 Å². The van der Waals surface area contributed by atoms with Gasteiger partial charge in [-0.25, -0.2) is 13.5 Å². The molecule has 1 heterocycles. The largest absolute Gasteiger partial charge is 0.394 e. The number of hydrogen-bond donors (Lipinski definition) is 2. The van der Waals surface area contributed by atoms with Crippen LogP contribution in [0.4, 0.5) is 8.78 Å². The predicted octanol–water partition coefficient (Wildman–Crippen LogP) is 2.31. The first kappa shape index (κ1) is 16.2. The number of aromatic nitrogens is 2. The van der Waals surface area contributed by atoms with Crippen molar-refractivity contribution in [3.05, 3.63) is 46.8 Å². The fourth-order valence-corrected chi connectivity index (χ4v) is 3.54. The van der Waals surface area contributed by atoms with Crippen molar-refractivity contribution in [3.63, 3.8) is 0 Å². The Morgan fingerprint density at radius 2 is 2.20 bits per heavy atom. The van der Waals surface area contributed by atoms with Crippen LogP contribution >= 0.6 is 0 Å². The molecule has 0 bridgehead atoms. The van der Waals surface area contributed by atoms with Crippen molar-refractivity contribution in [2.45, 2.75) is 38.1 Å². The minimum Gasteiger partial charge on any atom is -0.394 e.